The molecule has 3 heterocycles. The standard InChI is InChI=1S/C22H26FN3O2/c1-15-19-11-17(23)7-8-20(19)25(2)21(15)22(27)24-12-16-5-3-9-26(13-16)14-18-6-4-10-28-18/h4,6-8,10-11,16H,3,5,9,12-14H2,1-2H3,(H,24,27). The number of carbonyl (C=O) groups excluding carboxylic acids is 1. The average Bonchev–Trinajstić information content (AvgIpc) is 3.27. The number of furan rings is 1. The molecule has 3 aromatic rings. The predicted octanol–water partition coefficient (Wildman–Crippen LogP) is 3.86. The first-order chi connectivity index (χ1) is 13.5. The van der Waals surface area contributed by atoms with E-state index in [1.165, 1.54) is 12.1 Å². The van der Waals surface area contributed by atoms with E-state index in [2.05, 4.69) is 10.2 Å². The molecule has 0 spiro atoms. The minimum Gasteiger partial charge on any atom is -0.468 e. The fourth-order valence-corrected chi connectivity index (χ4v) is 4.33. The molecule has 1 aliphatic heterocycles. The van der Waals surface area contributed by atoms with Crippen LogP contribution in [-0.4, -0.2) is 35.0 Å². The second-order valence-corrected chi connectivity index (χ2v) is 7.73. The molecule has 0 saturated carbocycles. The maximum Gasteiger partial charge on any atom is 0.268 e. The lowest BCUT2D eigenvalue weighted by atomic mass is 9.98. The Morgan fingerprint density at radius 2 is 2.21 bits per heavy atom. The van der Waals surface area contributed by atoms with Crippen LogP contribution in [0.2, 0.25) is 0 Å². The molecule has 5 nitrogen and oxygen atoms in total. The second kappa shape index (κ2) is 7.80. The first kappa shape index (κ1) is 18.7. The number of hydrogen-bond acceptors (Lipinski definition) is 3. The van der Waals surface area contributed by atoms with E-state index in [9.17, 15) is 9.18 Å². The van der Waals surface area contributed by atoms with E-state index in [-0.39, 0.29) is 11.7 Å². The van der Waals surface area contributed by atoms with Crippen molar-refractivity contribution in [1.82, 2.24) is 14.8 Å². The Balaban J connectivity index is 1.41. The van der Waals surface area contributed by atoms with Gasteiger partial charge in [0, 0.05) is 31.0 Å². The van der Waals surface area contributed by atoms with Gasteiger partial charge in [0.1, 0.15) is 17.3 Å². The van der Waals surface area contributed by atoms with Crippen LogP contribution in [0.1, 0.15) is 34.7 Å². The minimum absolute atomic E-state index is 0.0974. The first-order valence-corrected chi connectivity index (χ1v) is 9.80. The summed E-state index contributed by atoms with van der Waals surface area (Å²) < 4.78 is 20.9. The van der Waals surface area contributed by atoms with Crippen LogP contribution in [0.4, 0.5) is 4.39 Å². The van der Waals surface area contributed by atoms with Crippen LogP contribution in [0.3, 0.4) is 0 Å². The Morgan fingerprint density at radius 1 is 1.36 bits per heavy atom. The number of halogens is 1. The largest absolute Gasteiger partial charge is 0.468 e. The second-order valence-electron chi connectivity index (χ2n) is 7.73. The molecule has 6 heteroatoms. The molecule has 1 amide bonds. The van der Waals surface area contributed by atoms with Crippen LogP contribution >= 0.6 is 0 Å². The molecule has 1 atom stereocenters. The van der Waals surface area contributed by atoms with Crippen LogP contribution in [0.5, 0.6) is 0 Å². The Hall–Kier alpha value is -2.60. The molecule has 0 aliphatic carbocycles. The van der Waals surface area contributed by atoms with Crippen LogP contribution in [0, 0.1) is 18.7 Å². The van der Waals surface area contributed by atoms with E-state index in [0.717, 1.165) is 54.7 Å². The van der Waals surface area contributed by atoms with Gasteiger partial charge in [-0.15, -0.1) is 0 Å². The third-order valence-electron chi connectivity index (χ3n) is 5.74. The fourth-order valence-electron chi connectivity index (χ4n) is 4.33. The Morgan fingerprint density at radius 3 is 3.00 bits per heavy atom. The fraction of sp³-hybridized carbons (Fsp3) is 0.409. The topological polar surface area (TPSA) is 50.4 Å². The summed E-state index contributed by atoms with van der Waals surface area (Å²) in [7, 11) is 1.86. The van der Waals surface area contributed by atoms with Crippen molar-refractivity contribution in [3.8, 4) is 0 Å². The Kier molecular flexibility index (Phi) is 5.22. The number of benzene rings is 1. The maximum absolute atomic E-state index is 13.6. The van der Waals surface area contributed by atoms with Crippen molar-refractivity contribution in [1.29, 1.82) is 0 Å². The molecule has 1 N–H and O–H groups in total. The van der Waals surface area contributed by atoms with Crippen molar-refractivity contribution in [3.05, 3.63) is 59.4 Å². The maximum atomic E-state index is 13.6. The van der Waals surface area contributed by atoms with Gasteiger partial charge in [0.2, 0.25) is 0 Å². The van der Waals surface area contributed by atoms with Crippen molar-refractivity contribution in [3.63, 3.8) is 0 Å². The van der Waals surface area contributed by atoms with Gasteiger partial charge < -0.3 is 14.3 Å². The van der Waals surface area contributed by atoms with Crippen molar-refractivity contribution in [2.75, 3.05) is 19.6 Å². The summed E-state index contributed by atoms with van der Waals surface area (Å²) in [5, 5.41) is 3.89. The quantitative estimate of drug-likeness (QED) is 0.728. The molecular formula is C22H26FN3O2. The highest BCUT2D eigenvalue weighted by molar-refractivity contribution is 6.01. The van der Waals surface area contributed by atoms with Crippen molar-refractivity contribution < 1.29 is 13.6 Å². The SMILES string of the molecule is Cc1c(C(=O)NCC2CCCN(Cc3ccco3)C2)n(C)c2ccc(F)cc12. The van der Waals surface area contributed by atoms with Gasteiger partial charge in [-0.1, -0.05) is 0 Å². The molecule has 1 aliphatic rings. The number of rotatable bonds is 5. The molecule has 28 heavy (non-hydrogen) atoms. The lowest BCUT2D eigenvalue weighted by molar-refractivity contribution is 0.0920. The van der Waals surface area contributed by atoms with Gasteiger partial charge in [-0.25, -0.2) is 4.39 Å². The zero-order valence-corrected chi connectivity index (χ0v) is 16.4. The van der Waals surface area contributed by atoms with Gasteiger partial charge in [0.05, 0.1) is 12.8 Å². The molecule has 1 saturated heterocycles. The third kappa shape index (κ3) is 3.69. The average molecular weight is 383 g/mol. The summed E-state index contributed by atoms with van der Waals surface area (Å²) in [6.07, 6.45) is 3.93. The molecular weight excluding hydrogens is 357 g/mol. The summed E-state index contributed by atoms with van der Waals surface area (Å²) in [6, 6.07) is 8.56. The van der Waals surface area contributed by atoms with Crippen molar-refractivity contribution in [2.24, 2.45) is 13.0 Å². The highest BCUT2D eigenvalue weighted by atomic mass is 19.1. The van der Waals surface area contributed by atoms with Gasteiger partial charge in [-0.2, -0.15) is 0 Å². The molecule has 1 fully saturated rings. The Labute approximate surface area is 164 Å². The number of nitrogens with one attached hydrogen (secondary N) is 1. The highest BCUT2D eigenvalue weighted by Gasteiger charge is 2.23. The van der Waals surface area contributed by atoms with Crippen molar-refractivity contribution >= 4 is 16.8 Å². The number of hydrogen-bond donors (Lipinski definition) is 1. The van der Waals surface area contributed by atoms with Gasteiger partial charge in [-0.3, -0.25) is 9.69 Å². The van der Waals surface area contributed by atoms with E-state index < -0.39 is 0 Å². The predicted molar refractivity (Wildman–Crippen MR) is 107 cm³/mol. The van der Waals surface area contributed by atoms with E-state index in [1.807, 2.05) is 30.7 Å². The van der Waals surface area contributed by atoms with Crippen LogP contribution in [-0.2, 0) is 13.6 Å². The lowest BCUT2D eigenvalue weighted by Crippen LogP contribution is -2.40. The number of piperidine rings is 1. The number of carbonyl (C=O) groups is 1. The molecule has 1 aromatic carbocycles. The molecule has 1 unspecified atom stereocenters. The first-order valence-electron chi connectivity index (χ1n) is 9.80. The Bertz CT molecular complexity index is 977. The van der Waals surface area contributed by atoms with Gasteiger partial charge >= 0.3 is 0 Å². The number of amides is 1. The molecule has 0 radical (unpaired) electrons. The molecule has 148 valence electrons. The van der Waals surface area contributed by atoms with E-state index in [1.54, 1.807) is 12.3 Å². The summed E-state index contributed by atoms with van der Waals surface area (Å²) in [5.41, 5.74) is 2.28. The van der Waals surface area contributed by atoms with Gasteiger partial charge in [-0.05, 0) is 68.1 Å². The zero-order valence-electron chi connectivity index (χ0n) is 16.4. The molecule has 4 rings (SSSR count). The monoisotopic (exact) mass is 383 g/mol. The summed E-state index contributed by atoms with van der Waals surface area (Å²) in [6.45, 7) is 5.33. The summed E-state index contributed by atoms with van der Waals surface area (Å²) in [5.74, 6) is 1.01. The highest BCUT2D eigenvalue weighted by Crippen LogP contribution is 2.26. The van der Waals surface area contributed by atoms with E-state index in [0.29, 0.717) is 18.2 Å². The summed E-state index contributed by atoms with van der Waals surface area (Å²) in [4.78, 5) is 15.2. The molecule has 0 bridgehead atoms. The van der Waals surface area contributed by atoms with Crippen LogP contribution < -0.4 is 5.32 Å². The van der Waals surface area contributed by atoms with E-state index >= 15 is 0 Å². The molecule has 2 aromatic heterocycles. The smallest absolute Gasteiger partial charge is 0.268 e. The van der Waals surface area contributed by atoms with Crippen LogP contribution in [0.25, 0.3) is 10.9 Å². The normalized spacial score (nSPS) is 17.9. The zero-order chi connectivity index (χ0) is 19.7. The van der Waals surface area contributed by atoms with E-state index in [4.69, 9.17) is 4.42 Å². The third-order valence-corrected chi connectivity index (χ3v) is 5.74. The van der Waals surface area contributed by atoms with Gasteiger partial charge in [0.25, 0.3) is 5.91 Å². The number of aromatic nitrogens is 1. The lowest BCUT2D eigenvalue weighted by Gasteiger charge is -2.32. The minimum atomic E-state index is -0.285. The number of nitrogens with zero attached hydrogens (tertiary/aromatic N) is 2. The number of aryl methyl sites for hydroxylation is 2. The summed E-state index contributed by atoms with van der Waals surface area (Å²) >= 11 is 0. The number of fused-ring (bicyclic) bond motifs is 1. The van der Waals surface area contributed by atoms with Crippen molar-refractivity contribution in [2.45, 2.75) is 26.3 Å². The number of likely N-dealkylation sites (tertiary alicyclic amines) is 1. The van der Waals surface area contributed by atoms with Gasteiger partial charge in [0.15, 0.2) is 0 Å². The van der Waals surface area contributed by atoms with Crippen LogP contribution in [0.15, 0.2) is 41.0 Å².